The molecule has 15 heavy (non-hydrogen) atoms. The van der Waals surface area contributed by atoms with Gasteiger partial charge in [-0.1, -0.05) is 28.1 Å². The number of halogens is 1. The zero-order chi connectivity index (χ0) is 11.0. The van der Waals surface area contributed by atoms with E-state index in [1.807, 2.05) is 6.07 Å². The van der Waals surface area contributed by atoms with E-state index in [2.05, 4.69) is 15.9 Å². The molecule has 0 aromatic heterocycles. The van der Waals surface area contributed by atoms with Crippen LogP contribution in [0.2, 0.25) is 0 Å². The molecule has 0 aliphatic rings. The van der Waals surface area contributed by atoms with Gasteiger partial charge in [0, 0.05) is 9.86 Å². The van der Waals surface area contributed by atoms with E-state index >= 15 is 0 Å². The van der Waals surface area contributed by atoms with Gasteiger partial charge in [-0.05, 0) is 18.2 Å². The van der Waals surface area contributed by atoms with Gasteiger partial charge in [0.2, 0.25) is 0 Å². The van der Waals surface area contributed by atoms with Crippen molar-refractivity contribution >= 4 is 38.1 Å². The maximum Gasteiger partial charge on any atom is 0.299 e. The third kappa shape index (κ3) is 1.55. The lowest BCUT2D eigenvalue weighted by molar-refractivity contribution is -0.382. The standard InChI is InChI=1S/C10H7BrN2O2/c11-8-3-1-2-7-6(8)4-5-9(12)10(7)13(14)15/h1-5H,12H2. The molecule has 2 aromatic rings. The number of fused-ring (bicyclic) bond motifs is 1. The van der Waals surface area contributed by atoms with Gasteiger partial charge in [-0.2, -0.15) is 0 Å². The van der Waals surface area contributed by atoms with Crippen LogP contribution < -0.4 is 5.73 Å². The first-order valence-electron chi connectivity index (χ1n) is 4.22. The molecule has 0 heterocycles. The summed E-state index contributed by atoms with van der Waals surface area (Å²) in [5.74, 6) is 0. The molecule has 2 N–H and O–H groups in total. The fraction of sp³-hybridized carbons (Fsp3) is 0. The average molecular weight is 267 g/mol. The number of nitrogen functional groups attached to an aromatic ring is 1. The van der Waals surface area contributed by atoms with Crippen molar-refractivity contribution in [2.75, 3.05) is 5.73 Å². The Hall–Kier alpha value is -1.62. The summed E-state index contributed by atoms with van der Waals surface area (Å²) in [4.78, 5) is 10.4. The van der Waals surface area contributed by atoms with Crippen LogP contribution in [0.4, 0.5) is 11.4 Å². The molecular weight excluding hydrogens is 260 g/mol. The number of anilines is 1. The molecule has 2 rings (SSSR count). The molecule has 5 heteroatoms. The molecule has 0 bridgehead atoms. The Bertz CT molecular complexity index is 554. The maximum atomic E-state index is 10.9. The summed E-state index contributed by atoms with van der Waals surface area (Å²) in [6.45, 7) is 0. The Morgan fingerprint density at radius 2 is 1.93 bits per heavy atom. The van der Waals surface area contributed by atoms with Crippen LogP contribution in [0.1, 0.15) is 0 Å². The molecule has 0 fully saturated rings. The zero-order valence-corrected chi connectivity index (χ0v) is 9.19. The highest BCUT2D eigenvalue weighted by Gasteiger charge is 2.16. The fourth-order valence-electron chi connectivity index (χ4n) is 1.52. The predicted octanol–water partition coefficient (Wildman–Crippen LogP) is 3.09. The van der Waals surface area contributed by atoms with Gasteiger partial charge in [0.1, 0.15) is 5.69 Å². The van der Waals surface area contributed by atoms with Crippen molar-refractivity contribution in [1.82, 2.24) is 0 Å². The highest BCUT2D eigenvalue weighted by atomic mass is 79.9. The van der Waals surface area contributed by atoms with Crippen molar-refractivity contribution in [1.29, 1.82) is 0 Å². The normalized spacial score (nSPS) is 10.5. The number of nitrogens with zero attached hydrogens (tertiary/aromatic N) is 1. The lowest BCUT2D eigenvalue weighted by Gasteiger charge is -2.03. The van der Waals surface area contributed by atoms with E-state index in [9.17, 15) is 10.1 Å². The number of nitrogens with two attached hydrogens (primary N) is 1. The topological polar surface area (TPSA) is 69.2 Å². The van der Waals surface area contributed by atoms with Gasteiger partial charge in [-0.15, -0.1) is 0 Å². The summed E-state index contributed by atoms with van der Waals surface area (Å²) in [6.07, 6.45) is 0. The van der Waals surface area contributed by atoms with Crippen molar-refractivity contribution in [3.05, 3.63) is 44.9 Å². The zero-order valence-electron chi connectivity index (χ0n) is 7.61. The van der Waals surface area contributed by atoms with Gasteiger partial charge in [0.25, 0.3) is 5.69 Å². The first-order chi connectivity index (χ1) is 7.11. The molecule has 4 nitrogen and oxygen atoms in total. The Morgan fingerprint density at radius 1 is 1.20 bits per heavy atom. The number of benzene rings is 2. The van der Waals surface area contributed by atoms with Crippen LogP contribution in [-0.4, -0.2) is 4.92 Å². The molecule has 0 radical (unpaired) electrons. The second-order valence-corrected chi connectivity index (χ2v) is 3.95. The number of hydrogen-bond donors (Lipinski definition) is 1. The predicted molar refractivity (Wildman–Crippen MR) is 62.7 cm³/mol. The van der Waals surface area contributed by atoms with Crippen molar-refractivity contribution in [2.24, 2.45) is 0 Å². The Morgan fingerprint density at radius 3 is 2.60 bits per heavy atom. The molecule has 0 unspecified atom stereocenters. The van der Waals surface area contributed by atoms with Gasteiger partial charge in [-0.3, -0.25) is 10.1 Å². The Kier molecular flexibility index (Phi) is 2.32. The highest BCUT2D eigenvalue weighted by molar-refractivity contribution is 9.10. The molecule has 0 aliphatic carbocycles. The van der Waals surface area contributed by atoms with Gasteiger partial charge in [0.15, 0.2) is 0 Å². The summed E-state index contributed by atoms with van der Waals surface area (Å²) in [7, 11) is 0. The van der Waals surface area contributed by atoms with E-state index in [1.165, 1.54) is 0 Å². The third-order valence-electron chi connectivity index (χ3n) is 2.19. The lowest BCUT2D eigenvalue weighted by Crippen LogP contribution is -1.96. The number of rotatable bonds is 1. The van der Waals surface area contributed by atoms with E-state index in [0.29, 0.717) is 5.39 Å². The summed E-state index contributed by atoms with van der Waals surface area (Å²) in [6, 6.07) is 8.59. The van der Waals surface area contributed by atoms with Crippen LogP contribution in [0.3, 0.4) is 0 Å². The van der Waals surface area contributed by atoms with E-state index in [4.69, 9.17) is 5.73 Å². The number of nitro benzene ring substituents is 1. The molecule has 0 saturated carbocycles. The molecular formula is C10H7BrN2O2. The second-order valence-electron chi connectivity index (χ2n) is 3.10. The maximum absolute atomic E-state index is 10.9. The minimum atomic E-state index is -0.454. The summed E-state index contributed by atoms with van der Waals surface area (Å²) in [5, 5.41) is 12.2. The molecule has 2 aromatic carbocycles. The van der Waals surface area contributed by atoms with Crippen molar-refractivity contribution in [3.8, 4) is 0 Å². The Balaban J connectivity index is 2.94. The summed E-state index contributed by atoms with van der Waals surface area (Å²) >= 11 is 3.34. The van der Waals surface area contributed by atoms with E-state index in [0.717, 1.165) is 9.86 Å². The second kappa shape index (κ2) is 3.51. The first kappa shape index (κ1) is 9.92. The van der Waals surface area contributed by atoms with Crippen LogP contribution >= 0.6 is 15.9 Å². The average Bonchev–Trinajstić information content (AvgIpc) is 2.17. The largest absolute Gasteiger partial charge is 0.393 e. The molecule has 76 valence electrons. The molecule has 0 atom stereocenters. The molecule has 0 amide bonds. The molecule has 0 spiro atoms. The van der Waals surface area contributed by atoms with E-state index in [-0.39, 0.29) is 11.4 Å². The van der Waals surface area contributed by atoms with Crippen molar-refractivity contribution < 1.29 is 4.92 Å². The van der Waals surface area contributed by atoms with Crippen LogP contribution in [0.5, 0.6) is 0 Å². The quantitative estimate of drug-likeness (QED) is 0.490. The monoisotopic (exact) mass is 266 g/mol. The van der Waals surface area contributed by atoms with Crippen LogP contribution in [0.15, 0.2) is 34.8 Å². The fourth-order valence-corrected chi connectivity index (χ4v) is 2.02. The van der Waals surface area contributed by atoms with Gasteiger partial charge in [0.05, 0.1) is 10.3 Å². The molecule has 0 aliphatic heterocycles. The van der Waals surface area contributed by atoms with E-state index in [1.54, 1.807) is 24.3 Å². The highest BCUT2D eigenvalue weighted by Crippen LogP contribution is 2.34. The number of nitro groups is 1. The minimum absolute atomic E-state index is 0.0335. The van der Waals surface area contributed by atoms with Crippen LogP contribution in [-0.2, 0) is 0 Å². The Labute approximate surface area is 94.0 Å². The number of hydrogen-bond acceptors (Lipinski definition) is 3. The van der Waals surface area contributed by atoms with Crippen LogP contribution in [0.25, 0.3) is 10.8 Å². The minimum Gasteiger partial charge on any atom is -0.393 e. The van der Waals surface area contributed by atoms with Gasteiger partial charge < -0.3 is 5.73 Å². The summed E-state index contributed by atoms with van der Waals surface area (Å²) < 4.78 is 0.822. The van der Waals surface area contributed by atoms with Crippen LogP contribution in [0, 0.1) is 10.1 Å². The SMILES string of the molecule is Nc1ccc2c(Br)cccc2c1[N+](=O)[O-]. The first-order valence-corrected chi connectivity index (χ1v) is 5.01. The van der Waals surface area contributed by atoms with Crippen molar-refractivity contribution in [2.45, 2.75) is 0 Å². The summed E-state index contributed by atoms with van der Waals surface area (Å²) in [5.41, 5.74) is 5.73. The van der Waals surface area contributed by atoms with Crippen molar-refractivity contribution in [3.63, 3.8) is 0 Å². The molecule has 0 saturated heterocycles. The smallest absolute Gasteiger partial charge is 0.299 e. The van der Waals surface area contributed by atoms with Gasteiger partial charge in [-0.25, -0.2) is 0 Å². The third-order valence-corrected chi connectivity index (χ3v) is 2.89. The van der Waals surface area contributed by atoms with E-state index < -0.39 is 4.92 Å². The lowest BCUT2D eigenvalue weighted by atomic mass is 10.1. The van der Waals surface area contributed by atoms with Gasteiger partial charge >= 0.3 is 0 Å².